The molecule has 1 spiro atoms. The van der Waals surface area contributed by atoms with E-state index < -0.39 is 0 Å². The van der Waals surface area contributed by atoms with Crippen molar-refractivity contribution in [2.75, 3.05) is 0 Å². The SMILES string of the molecule is NC1CC12CCc1c(F)cccc12. The Morgan fingerprint density at radius 3 is 2.92 bits per heavy atom. The van der Waals surface area contributed by atoms with Gasteiger partial charge in [-0.15, -0.1) is 0 Å². The zero-order chi connectivity index (χ0) is 9.05. The lowest BCUT2D eigenvalue weighted by atomic mass is 9.97. The van der Waals surface area contributed by atoms with Gasteiger partial charge in [0.05, 0.1) is 0 Å². The molecule has 68 valence electrons. The maximum absolute atomic E-state index is 13.3. The van der Waals surface area contributed by atoms with Crippen LogP contribution < -0.4 is 5.73 Å². The highest BCUT2D eigenvalue weighted by molar-refractivity contribution is 5.47. The first-order valence-electron chi connectivity index (χ1n) is 4.77. The molecule has 0 aliphatic heterocycles. The Hall–Kier alpha value is -0.890. The van der Waals surface area contributed by atoms with Crippen molar-refractivity contribution >= 4 is 0 Å². The summed E-state index contributed by atoms with van der Waals surface area (Å²) in [6.45, 7) is 0. The van der Waals surface area contributed by atoms with Crippen molar-refractivity contribution in [2.24, 2.45) is 5.73 Å². The summed E-state index contributed by atoms with van der Waals surface area (Å²) in [6.07, 6.45) is 2.96. The van der Waals surface area contributed by atoms with Gasteiger partial charge in [-0.2, -0.15) is 0 Å². The molecule has 0 aromatic heterocycles. The van der Waals surface area contributed by atoms with Gasteiger partial charge in [-0.3, -0.25) is 0 Å². The molecule has 1 fully saturated rings. The van der Waals surface area contributed by atoms with E-state index in [0.717, 1.165) is 24.8 Å². The van der Waals surface area contributed by atoms with E-state index in [-0.39, 0.29) is 17.3 Å². The van der Waals surface area contributed by atoms with Crippen LogP contribution >= 0.6 is 0 Å². The molecule has 0 bridgehead atoms. The van der Waals surface area contributed by atoms with Crippen LogP contribution in [0.5, 0.6) is 0 Å². The average Bonchev–Trinajstić information content (AvgIpc) is 2.57. The van der Waals surface area contributed by atoms with E-state index in [4.69, 9.17) is 5.73 Å². The largest absolute Gasteiger partial charge is 0.327 e. The number of rotatable bonds is 0. The predicted molar refractivity (Wildman–Crippen MR) is 49.0 cm³/mol. The standard InChI is InChI=1S/C11H12FN/c12-9-3-1-2-8-7(9)4-5-11(8)6-10(11)13/h1-3,10H,4-6,13H2. The Morgan fingerprint density at radius 1 is 1.46 bits per heavy atom. The van der Waals surface area contributed by atoms with Crippen molar-refractivity contribution in [2.45, 2.75) is 30.7 Å². The summed E-state index contributed by atoms with van der Waals surface area (Å²) in [5.74, 6) is -0.0477. The van der Waals surface area contributed by atoms with Gasteiger partial charge in [0.25, 0.3) is 0 Å². The van der Waals surface area contributed by atoms with E-state index >= 15 is 0 Å². The minimum atomic E-state index is -0.0477. The molecule has 2 N–H and O–H groups in total. The summed E-state index contributed by atoms with van der Waals surface area (Å²) >= 11 is 0. The van der Waals surface area contributed by atoms with Crippen LogP contribution in [0.2, 0.25) is 0 Å². The van der Waals surface area contributed by atoms with Crippen molar-refractivity contribution in [3.63, 3.8) is 0 Å². The van der Waals surface area contributed by atoms with Gasteiger partial charge in [0.2, 0.25) is 0 Å². The third-order valence-corrected chi connectivity index (χ3v) is 3.61. The van der Waals surface area contributed by atoms with Gasteiger partial charge in [0, 0.05) is 11.5 Å². The van der Waals surface area contributed by atoms with Crippen LogP contribution in [0.3, 0.4) is 0 Å². The number of benzene rings is 1. The van der Waals surface area contributed by atoms with Crippen LogP contribution in [0.15, 0.2) is 18.2 Å². The fraction of sp³-hybridized carbons (Fsp3) is 0.455. The van der Waals surface area contributed by atoms with Crippen LogP contribution in [-0.4, -0.2) is 6.04 Å². The van der Waals surface area contributed by atoms with Crippen molar-refractivity contribution in [1.82, 2.24) is 0 Å². The molecule has 2 unspecified atom stereocenters. The third-order valence-electron chi connectivity index (χ3n) is 3.61. The quantitative estimate of drug-likeness (QED) is 0.641. The lowest BCUT2D eigenvalue weighted by molar-refractivity contribution is 0.611. The van der Waals surface area contributed by atoms with Crippen molar-refractivity contribution in [3.05, 3.63) is 35.1 Å². The topological polar surface area (TPSA) is 26.0 Å². The van der Waals surface area contributed by atoms with Crippen molar-refractivity contribution in [3.8, 4) is 0 Å². The second kappa shape index (κ2) is 2.13. The minimum Gasteiger partial charge on any atom is -0.327 e. The molecule has 0 heterocycles. The Bertz CT molecular complexity index is 374. The molecule has 2 atom stereocenters. The van der Waals surface area contributed by atoms with Crippen LogP contribution in [0.4, 0.5) is 4.39 Å². The second-order valence-electron chi connectivity index (χ2n) is 4.23. The summed E-state index contributed by atoms with van der Waals surface area (Å²) in [5, 5.41) is 0. The highest BCUT2D eigenvalue weighted by atomic mass is 19.1. The lowest BCUT2D eigenvalue weighted by Crippen LogP contribution is -2.15. The van der Waals surface area contributed by atoms with Gasteiger partial charge >= 0.3 is 0 Å². The van der Waals surface area contributed by atoms with Crippen LogP contribution in [-0.2, 0) is 11.8 Å². The van der Waals surface area contributed by atoms with E-state index in [1.54, 1.807) is 12.1 Å². The monoisotopic (exact) mass is 177 g/mol. The molecular weight excluding hydrogens is 165 g/mol. The Labute approximate surface area is 76.7 Å². The first kappa shape index (κ1) is 7.51. The summed E-state index contributed by atoms with van der Waals surface area (Å²) in [5.41, 5.74) is 8.16. The Kier molecular flexibility index (Phi) is 1.23. The van der Waals surface area contributed by atoms with Crippen molar-refractivity contribution < 1.29 is 4.39 Å². The number of nitrogens with two attached hydrogens (primary N) is 1. The predicted octanol–water partition coefficient (Wildman–Crippen LogP) is 1.74. The molecule has 1 nitrogen and oxygen atoms in total. The average molecular weight is 177 g/mol. The number of hydrogen-bond acceptors (Lipinski definition) is 1. The summed E-state index contributed by atoms with van der Waals surface area (Å²) < 4.78 is 13.3. The number of fused-ring (bicyclic) bond motifs is 2. The first-order valence-corrected chi connectivity index (χ1v) is 4.77. The van der Waals surface area contributed by atoms with Gasteiger partial charge in [-0.25, -0.2) is 4.39 Å². The van der Waals surface area contributed by atoms with E-state index in [0.29, 0.717) is 0 Å². The zero-order valence-electron chi connectivity index (χ0n) is 7.39. The fourth-order valence-corrected chi connectivity index (χ4v) is 2.69. The van der Waals surface area contributed by atoms with Crippen LogP contribution in [0, 0.1) is 5.82 Å². The molecule has 2 heteroatoms. The molecule has 1 aromatic carbocycles. The fourth-order valence-electron chi connectivity index (χ4n) is 2.69. The highest BCUT2D eigenvalue weighted by Crippen LogP contribution is 2.55. The number of halogens is 1. The molecule has 1 saturated carbocycles. The maximum Gasteiger partial charge on any atom is 0.126 e. The van der Waals surface area contributed by atoms with Gasteiger partial charge in [0.15, 0.2) is 0 Å². The highest BCUT2D eigenvalue weighted by Gasteiger charge is 2.56. The van der Waals surface area contributed by atoms with E-state index in [1.165, 1.54) is 5.56 Å². The number of hydrogen-bond donors (Lipinski definition) is 1. The molecule has 3 rings (SSSR count). The smallest absolute Gasteiger partial charge is 0.126 e. The molecule has 0 saturated heterocycles. The second-order valence-corrected chi connectivity index (χ2v) is 4.23. The summed E-state index contributed by atoms with van der Waals surface area (Å²) in [7, 11) is 0. The van der Waals surface area contributed by atoms with Crippen LogP contribution in [0.25, 0.3) is 0 Å². The summed E-state index contributed by atoms with van der Waals surface area (Å²) in [4.78, 5) is 0. The van der Waals surface area contributed by atoms with E-state index in [9.17, 15) is 4.39 Å². The van der Waals surface area contributed by atoms with Gasteiger partial charge in [-0.05, 0) is 36.5 Å². The first-order chi connectivity index (χ1) is 6.24. The summed E-state index contributed by atoms with van der Waals surface area (Å²) in [6, 6.07) is 5.66. The molecular formula is C11H12FN. The molecule has 1 aromatic rings. The van der Waals surface area contributed by atoms with Gasteiger partial charge < -0.3 is 5.73 Å². The molecule has 0 amide bonds. The molecule has 13 heavy (non-hydrogen) atoms. The minimum absolute atomic E-state index is 0.0477. The zero-order valence-corrected chi connectivity index (χ0v) is 7.39. The molecule has 2 aliphatic carbocycles. The Morgan fingerprint density at radius 2 is 2.23 bits per heavy atom. The third kappa shape index (κ3) is 0.792. The van der Waals surface area contributed by atoms with Gasteiger partial charge in [0.1, 0.15) is 5.82 Å². The molecule has 0 radical (unpaired) electrons. The van der Waals surface area contributed by atoms with E-state index in [1.807, 2.05) is 6.07 Å². The van der Waals surface area contributed by atoms with E-state index in [2.05, 4.69) is 0 Å². The maximum atomic E-state index is 13.3. The lowest BCUT2D eigenvalue weighted by Gasteiger charge is -2.08. The Balaban J connectivity index is 2.18. The normalized spacial score (nSPS) is 35.1. The molecule has 2 aliphatic rings. The van der Waals surface area contributed by atoms with Gasteiger partial charge in [-0.1, -0.05) is 12.1 Å². The van der Waals surface area contributed by atoms with Crippen molar-refractivity contribution in [1.29, 1.82) is 0 Å². The van der Waals surface area contributed by atoms with Crippen LogP contribution in [0.1, 0.15) is 24.0 Å².